The lowest BCUT2D eigenvalue weighted by Gasteiger charge is -2.19. The number of amides is 1. The topological polar surface area (TPSA) is 79.3 Å². The summed E-state index contributed by atoms with van der Waals surface area (Å²) in [5.41, 5.74) is 5.91. The van der Waals surface area contributed by atoms with E-state index < -0.39 is 17.9 Å². The fraction of sp³-hybridized carbons (Fsp3) is 0.194. The van der Waals surface area contributed by atoms with Gasteiger partial charge in [-0.05, 0) is 39.8 Å². The van der Waals surface area contributed by atoms with E-state index in [0.29, 0.717) is 5.69 Å². The molecule has 0 spiro atoms. The molecule has 182 valence electrons. The van der Waals surface area contributed by atoms with Crippen molar-refractivity contribution in [2.75, 3.05) is 0 Å². The second kappa shape index (κ2) is 10.6. The highest BCUT2D eigenvalue weighted by Crippen LogP contribution is 2.26. The average molecular weight is 479 g/mol. The first kappa shape index (κ1) is 24.9. The summed E-state index contributed by atoms with van der Waals surface area (Å²) in [6.07, 6.45) is -0.232. The van der Waals surface area contributed by atoms with Crippen molar-refractivity contribution in [2.24, 2.45) is 0 Å². The summed E-state index contributed by atoms with van der Waals surface area (Å²) in [6.45, 7) is 6.48. The zero-order valence-electron chi connectivity index (χ0n) is 20.7. The van der Waals surface area contributed by atoms with E-state index >= 15 is 0 Å². The van der Waals surface area contributed by atoms with Gasteiger partial charge in [-0.3, -0.25) is 9.59 Å². The van der Waals surface area contributed by atoms with Crippen molar-refractivity contribution in [1.82, 2.24) is 10.3 Å². The highest BCUT2D eigenvalue weighted by atomic mass is 16.4. The quantitative estimate of drug-likeness (QED) is 0.311. The number of pyridine rings is 1. The molecular weight excluding hydrogens is 448 g/mol. The Morgan fingerprint density at radius 2 is 1.39 bits per heavy atom. The van der Waals surface area contributed by atoms with Crippen LogP contribution in [-0.4, -0.2) is 22.0 Å². The third kappa shape index (κ3) is 6.05. The molecule has 0 radical (unpaired) electrons. The van der Waals surface area contributed by atoms with Crippen molar-refractivity contribution in [2.45, 2.75) is 38.6 Å². The zero-order valence-corrected chi connectivity index (χ0v) is 20.7. The van der Waals surface area contributed by atoms with Gasteiger partial charge in [-0.2, -0.15) is 0 Å². The molecule has 0 saturated heterocycles. The monoisotopic (exact) mass is 478 g/mol. The standard InChI is InChI=1S/C31H30N2O3/c1-31(2,3)25-18-16-23(17-19-25)26-10-7-11-27(32-26)30(36)33-28(20-29(34)35)24-14-12-22(13-15-24)21-8-5-4-6-9-21/h4-19,28H,20H2,1-3H3,(H,33,36)(H,34,35). The Kier molecular flexibility index (Phi) is 7.30. The lowest BCUT2D eigenvalue weighted by atomic mass is 9.86. The molecule has 0 saturated carbocycles. The Hall–Kier alpha value is -4.25. The van der Waals surface area contributed by atoms with Crippen LogP contribution in [0.4, 0.5) is 0 Å². The molecule has 36 heavy (non-hydrogen) atoms. The first-order valence-corrected chi connectivity index (χ1v) is 12.0. The molecule has 0 bridgehead atoms. The van der Waals surface area contributed by atoms with Gasteiger partial charge in [-0.25, -0.2) is 4.98 Å². The predicted molar refractivity (Wildman–Crippen MR) is 143 cm³/mol. The van der Waals surface area contributed by atoms with Gasteiger partial charge in [0.05, 0.1) is 18.2 Å². The molecule has 4 aromatic rings. The number of rotatable bonds is 7. The van der Waals surface area contributed by atoms with Gasteiger partial charge in [0, 0.05) is 5.56 Å². The molecule has 0 fully saturated rings. The third-order valence-corrected chi connectivity index (χ3v) is 6.13. The fourth-order valence-electron chi connectivity index (χ4n) is 4.06. The van der Waals surface area contributed by atoms with Gasteiger partial charge in [0.2, 0.25) is 0 Å². The van der Waals surface area contributed by atoms with Crippen LogP contribution in [0, 0.1) is 0 Å². The van der Waals surface area contributed by atoms with Gasteiger partial charge in [0.1, 0.15) is 5.69 Å². The zero-order chi connectivity index (χ0) is 25.7. The minimum Gasteiger partial charge on any atom is -0.481 e. The fourth-order valence-corrected chi connectivity index (χ4v) is 4.06. The Bertz CT molecular complexity index is 1340. The Balaban J connectivity index is 1.54. The summed E-state index contributed by atoms with van der Waals surface area (Å²) in [4.78, 5) is 29.2. The molecule has 1 heterocycles. The summed E-state index contributed by atoms with van der Waals surface area (Å²) in [5.74, 6) is -1.41. The summed E-state index contributed by atoms with van der Waals surface area (Å²) >= 11 is 0. The molecule has 3 aromatic carbocycles. The van der Waals surface area contributed by atoms with Crippen molar-refractivity contribution >= 4 is 11.9 Å². The van der Waals surface area contributed by atoms with E-state index in [-0.39, 0.29) is 17.5 Å². The maximum Gasteiger partial charge on any atom is 0.305 e. The predicted octanol–water partition coefficient (Wildman–Crippen LogP) is 6.66. The first-order valence-electron chi connectivity index (χ1n) is 12.0. The Morgan fingerprint density at radius 1 is 0.778 bits per heavy atom. The number of carbonyl (C=O) groups excluding carboxylic acids is 1. The van der Waals surface area contributed by atoms with Gasteiger partial charge < -0.3 is 10.4 Å². The number of hydrogen-bond acceptors (Lipinski definition) is 3. The lowest BCUT2D eigenvalue weighted by Crippen LogP contribution is -2.30. The minimum atomic E-state index is -0.993. The summed E-state index contributed by atoms with van der Waals surface area (Å²) in [5, 5.41) is 12.3. The molecule has 1 atom stereocenters. The van der Waals surface area contributed by atoms with E-state index in [9.17, 15) is 14.7 Å². The second-order valence-corrected chi connectivity index (χ2v) is 9.85. The van der Waals surface area contributed by atoms with Crippen LogP contribution in [0.25, 0.3) is 22.4 Å². The molecule has 1 amide bonds. The summed E-state index contributed by atoms with van der Waals surface area (Å²) in [6, 6.07) is 30.3. The molecule has 0 aliphatic heterocycles. The van der Waals surface area contributed by atoms with Crippen LogP contribution < -0.4 is 5.32 Å². The Labute approximate surface area is 211 Å². The highest BCUT2D eigenvalue weighted by molar-refractivity contribution is 5.93. The average Bonchev–Trinajstić information content (AvgIpc) is 2.88. The molecular formula is C31H30N2O3. The van der Waals surface area contributed by atoms with E-state index in [1.165, 1.54) is 5.56 Å². The number of carboxylic acid groups (broad SMARTS) is 1. The van der Waals surface area contributed by atoms with Crippen molar-refractivity contribution in [3.63, 3.8) is 0 Å². The number of hydrogen-bond donors (Lipinski definition) is 2. The molecule has 4 rings (SSSR count). The normalized spacial score (nSPS) is 12.1. The molecule has 0 aliphatic rings. The number of aliphatic carboxylic acids is 1. The number of carbonyl (C=O) groups is 2. The van der Waals surface area contributed by atoms with E-state index in [2.05, 4.69) is 43.2 Å². The van der Waals surface area contributed by atoms with Crippen molar-refractivity contribution in [3.8, 4) is 22.4 Å². The first-order chi connectivity index (χ1) is 17.2. The maximum absolute atomic E-state index is 13.1. The molecule has 5 nitrogen and oxygen atoms in total. The molecule has 1 aromatic heterocycles. The molecule has 0 aliphatic carbocycles. The van der Waals surface area contributed by atoms with E-state index in [1.54, 1.807) is 12.1 Å². The largest absolute Gasteiger partial charge is 0.481 e. The van der Waals surface area contributed by atoms with Gasteiger partial charge in [-0.1, -0.05) is 106 Å². The van der Waals surface area contributed by atoms with Crippen LogP contribution in [0.1, 0.15) is 54.8 Å². The van der Waals surface area contributed by atoms with Gasteiger partial charge in [0.25, 0.3) is 5.91 Å². The SMILES string of the molecule is CC(C)(C)c1ccc(-c2cccc(C(=O)NC(CC(=O)O)c3ccc(-c4ccccc4)cc3)n2)cc1. The van der Waals surface area contributed by atoms with Crippen molar-refractivity contribution in [3.05, 3.63) is 114 Å². The minimum absolute atomic E-state index is 0.0478. The van der Waals surface area contributed by atoms with Crippen LogP contribution in [-0.2, 0) is 10.2 Å². The number of nitrogens with one attached hydrogen (secondary N) is 1. The summed E-state index contributed by atoms with van der Waals surface area (Å²) in [7, 11) is 0. The van der Waals surface area contributed by atoms with Crippen molar-refractivity contribution in [1.29, 1.82) is 0 Å². The maximum atomic E-state index is 13.1. The van der Waals surface area contributed by atoms with Gasteiger partial charge >= 0.3 is 5.97 Å². The molecule has 2 N–H and O–H groups in total. The van der Waals surface area contributed by atoms with Crippen LogP contribution in [0.5, 0.6) is 0 Å². The van der Waals surface area contributed by atoms with Crippen LogP contribution >= 0.6 is 0 Å². The number of carboxylic acids is 1. The second-order valence-electron chi connectivity index (χ2n) is 9.85. The molecule has 1 unspecified atom stereocenters. The number of nitrogens with zero attached hydrogens (tertiary/aromatic N) is 1. The smallest absolute Gasteiger partial charge is 0.305 e. The molecule has 5 heteroatoms. The number of aromatic nitrogens is 1. The van der Waals surface area contributed by atoms with Crippen LogP contribution in [0.2, 0.25) is 0 Å². The Morgan fingerprint density at radius 3 is 2.00 bits per heavy atom. The van der Waals surface area contributed by atoms with Crippen LogP contribution in [0.3, 0.4) is 0 Å². The van der Waals surface area contributed by atoms with Gasteiger partial charge in [0.15, 0.2) is 0 Å². The van der Waals surface area contributed by atoms with E-state index in [4.69, 9.17) is 0 Å². The number of benzene rings is 3. The summed E-state index contributed by atoms with van der Waals surface area (Å²) < 4.78 is 0. The lowest BCUT2D eigenvalue weighted by molar-refractivity contribution is -0.137. The van der Waals surface area contributed by atoms with E-state index in [1.807, 2.05) is 72.8 Å². The van der Waals surface area contributed by atoms with Gasteiger partial charge in [-0.15, -0.1) is 0 Å². The highest BCUT2D eigenvalue weighted by Gasteiger charge is 2.20. The van der Waals surface area contributed by atoms with Crippen molar-refractivity contribution < 1.29 is 14.7 Å². The van der Waals surface area contributed by atoms with Crippen LogP contribution in [0.15, 0.2) is 97.1 Å². The third-order valence-electron chi connectivity index (χ3n) is 6.13. The van der Waals surface area contributed by atoms with E-state index in [0.717, 1.165) is 22.3 Å².